The van der Waals surface area contributed by atoms with Gasteiger partial charge in [-0.05, 0) is 48.2 Å². The summed E-state index contributed by atoms with van der Waals surface area (Å²) in [5, 5.41) is 6.57. The Bertz CT molecular complexity index is 880. The Hall–Kier alpha value is -3.16. The van der Waals surface area contributed by atoms with E-state index in [1.54, 1.807) is 21.3 Å². The molecule has 2 N–H and O–H groups in total. The van der Waals surface area contributed by atoms with Crippen molar-refractivity contribution < 1.29 is 14.3 Å². The number of hydrogen-bond acceptors (Lipinski definition) is 4. The van der Waals surface area contributed by atoms with Crippen molar-refractivity contribution in [1.29, 1.82) is 0 Å². The molecule has 2 heterocycles. The lowest BCUT2D eigenvalue weighted by Crippen LogP contribution is -2.40. The Kier molecular flexibility index (Phi) is 8.20. The Morgan fingerprint density at radius 1 is 1.06 bits per heavy atom. The number of aromatic nitrogens is 1. The molecular weight excluding hydrogens is 394 g/mol. The molecular formula is C23H33N5O3. The van der Waals surface area contributed by atoms with Crippen LogP contribution in [-0.4, -0.2) is 62.2 Å². The predicted octanol–water partition coefficient (Wildman–Crippen LogP) is 2.04. The Labute approximate surface area is 184 Å². The van der Waals surface area contributed by atoms with Crippen molar-refractivity contribution in [2.24, 2.45) is 4.99 Å². The summed E-state index contributed by atoms with van der Waals surface area (Å²) in [7, 11) is 5.03. The summed E-state index contributed by atoms with van der Waals surface area (Å²) in [5.74, 6) is 2.38. The summed E-state index contributed by atoms with van der Waals surface area (Å²) in [6.07, 6.45) is 6.17. The molecule has 0 radical (unpaired) electrons. The number of carbonyl (C=O) groups excluding carboxylic acids is 1. The molecule has 3 rings (SSSR count). The molecule has 1 aliphatic heterocycles. The first-order chi connectivity index (χ1) is 15.1. The molecule has 0 bridgehead atoms. The molecule has 31 heavy (non-hydrogen) atoms. The van der Waals surface area contributed by atoms with Gasteiger partial charge in [-0.2, -0.15) is 0 Å². The normalized spacial score (nSPS) is 13.5. The zero-order chi connectivity index (χ0) is 22.1. The molecule has 168 valence electrons. The van der Waals surface area contributed by atoms with E-state index in [0.717, 1.165) is 49.7 Å². The zero-order valence-electron chi connectivity index (χ0n) is 18.7. The average Bonchev–Trinajstić information content (AvgIpc) is 3.32. The van der Waals surface area contributed by atoms with Crippen molar-refractivity contribution in [3.8, 4) is 11.5 Å². The summed E-state index contributed by atoms with van der Waals surface area (Å²) in [5.41, 5.74) is 2.35. The monoisotopic (exact) mass is 427 g/mol. The van der Waals surface area contributed by atoms with Crippen LogP contribution in [0.5, 0.6) is 11.5 Å². The van der Waals surface area contributed by atoms with E-state index in [2.05, 4.69) is 20.2 Å². The smallest absolute Gasteiger partial charge is 0.222 e. The van der Waals surface area contributed by atoms with E-state index < -0.39 is 0 Å². The second-order valence-corrected chi connectivity index (χ2v) is 7.49. The lowest BCUT2D eigenvalue weighted by molar-refractivity contribution is -0.132. The van der Waals surface area contributed by atoms with Crippen LogP contribution in [0.4, 0.5) is 0 Å². The van der Waals surface area contributed by atoms with Gasteiger partial charge in [0.05, 0.1) is 14.2 Å². The van der Waals surface area contributed by atoms with E-state index in [4.69, 9.17) is 9.47 Å². The second kappa shape index (κ2) is 11.3. The van der Waals surface area contributed by atoms with Crippen LogP contribution in [0.3, 0.4) is 0 Å². The first kappa shape index (κ1) is 22.5. The molecule has 0 aliphatic carbocycles. The maximum absolute atomic E-state index is 12.7. The van der Waals surface area contributed by atoms with Crippen molar-refractivity contribution in [2.75, 3.05) is 40.9 Å². The minimum absolute atomic E-state index is 0.179. The van der Waals surface area contributed by atoms with E-state index in [-0.39, 0.29) is 5.91 Å². The van der Waals surface area contributed by atoms with E-state index >= 15 is 0 Å². The van der Waals surface area contributed by atoms with Gasteiger partial charge in [-0.25, -0.2) is 0 Å². The highest BCUT2D eigenvalue weighted by molar-refractivity contribution is 5.80. The number of nitrogens with zero attached hydrogens (tertiary/aromatic N) is 3. The first-order valence-corrected chi connectivity index (χ1v) is 10.7. The largest absolute Gasteiger partial charge is 0.493 e. The summed E-state index contributed by atoms with van der Waals surface area (Å²) in [6.45, 7) is 3.71. The Balaban J connectivity index is 1.40. The number of benzene rings is 1. The lowest BCUT2D eigenvalue weighted by Gasteiger charge is -2.29. The van der Waals surface area contributed by atoms with Gasteiger partial charge in [0, 0.05) is 58.6 Å². The SMILES string of the molecule is CN=C(NCCCC(=O)N1CCc2cc(OC)c(OC)cc2C1)NCCn1cccc1. The van der Waals surface area contributed by atoms with Gasteiger partial charge in [0.25, 0.3) is 0 Å². The van der Waals surface area contributed by atoms with Gasteiger partial charge in [0.2, 0.25) is 5.91 Å². The highest BCUT2D eigenvalue weighted by Gasteiger charge is 2.22. The van der Waals surface area contributed by atoms with Gasteiger partial charge < -0.3 is 29.6 Å². The molecule has 0 spiro atoms. The molecule has 1 aromatic heterocycles. The molecule has 8 heteroatoms. The fraction of sp³-hybridized carbons (Fsp3) is 0.478. The van der Waals surface area contributed by atoms with Gasteiger partial charge in [0.15, 0.2) is 17.5 Å². The molecule has 1 amide bonds. The van der Waals surface area contributed by atoms with Crippen LogP contribution in [-0.2, 0) is 24.3 Å². The maximum Gasteiger partial charge on any atom is 0.222 e. The van der Waals surface area contributed by atoms with E-state index in [1.165, 1.54) is 5.56 Å². The number of carbonyl (C=O) groups is 1. The van der Waals surface area contributed by atoms with Crippen LogP contribution in [0.15, 0.2) is 41.7 Å². The third-order valence-corrected chi connectivity index (χ3v) is 5.48. The van der Waals surface area contributed by atoms with Gasteiger partial charge in [-0.15, -0.1) is 0 Å². The van der Waals surface area contributed by atoms with Crippen LogP contribution in [0.1, 0.15) is 24.0 Å². The molecule has 1 aromatic carbocycles. The number of ether oxygens (including phenoxy) is 2. The summed E-state index contributed by atoms with van der Waals surface area (Å²) in [6, 6.07) is 8.03. The maximum atomic E-state index is 12.7. The quantitative estimate of drug-likeness (QED) is 0.364. The first-order valence-electron chi connectivity index (χ1n) is 10.7. The molecule has 0 unspecified atom stereocenters. The van der Waals surface area contributed by atoms with Crippen molar-refractivity contribution in [2.45, 2.75) is 32.4 Å². The number of rotatable bonds is 9. The Morgan fingerprint density at radius 3 is 2.42 bits per heavy atom. The molecule has 0 atom stereocenters. The van der Waals surface area contributed by atoms with Crippen LogP contribution in [0.25, 0.3) is 0 Å². The number of guanidine groups is 1. The lowest BCUT2D eigenvalue weighted by atomic mass is 9.98. The third-order valence-electron chi connectivity index (χ3n) is 5.48. The number of aliphatic imine (C=N–C) groups is 1. The van der Waals surface area contributed by atoms with Crippen LogP contribution < -0.4 is 20.1 Å². The van der Waals surface area contributed by atoms with E-state index in [1.807, 2.05) is 41.6 Å². The highest BCUT2D eigenvalue weighted by atomic mass is 16.5. The number of nitrogens with one attached hydrogen (secondary N) is 2. The number of amides is 1. The Morgan fingerprint density at radius 2 is 1.74 bits per heavy atom. The number of hydrogen-bond donors (Lipinski definition) is 2. The topological polar surface area (TPSA) is 80.1 Å². The van der Waals surface area contributed by atoms with E-state index in [0.29, 0.717) is 25.3 Å². The number of fused-ring (bicyclic) bond motifs is 1. The van der Waals surface area contributed by atoms with Crippen LogP contribution >= 0.6 is 0 Å². The molecule has 0 saturated carbocycles. The molecule has 0 saturated heterocycles. The fourth-order valence-electron chi connectivity index (χ4n) is 3.74. The minimum atomic E-state index is 0.179. The molecule has 1 aliphatic rings. The van der Waals surface area contributed by atoms with Gasteiger partial charge in [-0.1, -0.05) is 0 Å². The average molecular weight is 428 g/mol. The van der Waals surface area contributed by atoms with Crippen molar-refractivity contribution >= 4 is 11.9 Å². The van der Waals surface area contributed by atoms with Gasteiger partial charge in [0.1, 0.15) is 0 Å². The van der Waals surface area contributed by atoms with Crippen molar-refractivity contribution in [1.82, 2.24) is 20.1 Å². The summed E-state index contributed by atoms with van der Waals surface area (Å²) < 4.78 is 12.9. The van der Waals surface area contributed by atoms with Crippen LogP contribution in [0.2, 0.25) is 0 Å². The zero-order valence-corrected chi connectivity index (χ0v) is 18.7. The van der Waals surface area contributed by atoms with E-state index in [9.17, 15) is 4.79 Å². The standard InChI is InChI=1S/C23H33N5O3/c1-24-23(26-10-14-27-11-4-5-12-27)25-9-6-7-22(29)28-13-8-18-15-20(30-2)21(31-3)16-19(18)17-28/h4-5,11-12,15-16H,6-10,13-14,17H2,1-3H3,(H2,24,25,26). The molecule has 8 nitrogen and oxygen atoms in total. The minimum Gasteiger partial charge on any atom is -0.493 e. The highest BCUT2D eigenvalue weighted by Crippen LogP contribution is 2.33. The van der Waals surface area contributed by atoms with Crippen LogP contribution in [0, 0.1) is 0 Å². The van der Waals surface area contributed by atoms with Crippen molar-refractivity contribution in [3.63, 3.8) is 0 Å². The summed E-state index contributed by atoms with van der Waals surface area (Å²) >= 11 is 0. The van der Waals surface area contributed by atoms with Gasteiger partial charge in [-0.3, -0.25) is 9.79 Å². The third kappa shape index (κ3) is 6.16. The predicted molar refractivity (Wildman–Crippen MR) is 122 cm³/mol. The van der Waals surface area contributed by atoms with Gasteiger partial charge >= 0.3 is 0 Å². The van der Waals surface area contributed by atoms with Crippen molar-refractivity contribution in [3.05, 3.63) is 47.8 Å². The second-order valence-electron chi connectivity index (χ2n) is 7.49. The summed E-state index contributed by atoms with van der Waals surface area (Å²) in [4.78, 5) is 18.9. The fourth-order valence-corrected chi connectivity index (χ4v) is 3.74. The molecule has 2 aromatic rings. The number of methoxy groups -OCH3 is 2. The molecule has 0 fully saturated rings.